The van der Waals surface area contributed by atoms with Gasteiger partial charge in [0.25, 0.3) is 0 Å². The quantitative estimate of drug-likeness (QED) is 0.187. The molecular formula is C36H34Cl2O6. The lowest BCUT2D eigenvalue weighted by molar-refractivity contribution is -0.154. The monoisotopic (exact) mass is 632 g/mol. The largest absolute Gasteiger partial charge is 0.465 e. The smallest absolute Gasteiger partial charge is 0.317 e. The molecule has 0 spiro atoms. The van der Waals surface area contributed by atoms with Gasteiger partial charge in [0.1, 0.15) is 17.6 Å². The number of benzene rings is 3. The SMILES string of the molecule is CCOC(=O)C1C(=O)C=C(c2ccc(Cl)cc2)CC1c1ccc(C2CC(c3ccc(Cl)cc3)CC(=O)C2C(=O)OCC)cc1. The molecule has 5 atom stereocenters. The predicted molar refractivity (Wildman–Crippen MR) is 170 cm³/mol. The van der Waals surface area contributed by atoms with Crippen LogP contribution in [-0.2, 0) is 28.7 Å². The van der Waals surface area contributed by atoms with Gasteiger partial charge in [-0.3, -0.25) is 19.2 Å². The Bertz CT molecular complexity index is 1560. The highest BCUT2D eigenvalue weighted by molar-refractivity contribution is 6.30. The van der Waals surface area contributed by atoms with Gasteiger partial charge in [0.15, 0.2) is 5.78 Å². The molecule has 3 aromatic rings. The van der Waals surface area contributed by atoms with Crippen molar-refractivity contribution in [3.05, 3.63) is 111 Å². The summed E-state index contributed by atoms with van der Waals surface area (Å²) in [6.45, 7) is 3.79. The van der Waals surface area contributed by atoms with Crippen LogP contribution in [0.5, 0.6) is 0 Å². The highest BCUT2D eigenvalue weighted by atomic mass is 35.5. The van der Waals surface area contributed by atoms with Gasteiger partial charge in [0.2, 0.25) is 0 Å². The molecule has 2 aliphatic carbocycles. The van der Waals surface area contributed by atoms with Crippen molar-refractivity contribution in [2.45, 2.75) is 50.9 Å². The van der Waals surface area contributed by atoms with Gasteiger partial charge >= 0.3 is 11.9 Å². The molecule has 3 aromatic carbocycles. The zero-order chi connectivity index (χ0) is 31.4. The van der Waals surface area contributed by atoms with Gasteiger partial charge in [-0.15, -0.1) is 0 Å². The molecule has 1 saturated carbocycles. The Kier molecular flexibility index (Phi) is 10.0. The minimum Gasteiger partial charge on any atom is -0.465 e. The van der Waals surface area contributed by atoms with Crippen molar-refractivity contribution in [1.82, 2.24) is 0 Å². The molecule has 0 saturated heterocycles. The first-order chi connectivity index (χ1) is 21.2. The number of halogens is 2. The van der Waals surface area contributed by atoms with E-state index >= 15 is 0 Å². The first kappa shape index (κ1) is 31.7. The van der Waals surface area contributed by atoms with Crippen molar-refractivity contribution in [2.75, 3.05) is 13.2 Å². The molecule has 0 aliphatic heterocycles. The van der Waals surface area contributed by atoms with Crippen molar-refractivity contribution in [1.29, 1.82) is 0 Å². The first-order valence-electron chi connectivity index (χ1n) is 14.9. The lowest BCUT2D eigenvalue weighted by Crippen LogP contribution is -2.37. The Labute approximate surface area is 267 Å². The maximum Gasteiger partial charge on any atom is 0.317 e. The summed E-state index contributed by atoms with van der Waals surface area (Å²) in [5.41, 5.74) is 4.28. The number of allylic oxidation sites excluding steroid dienone is 2. The summed E-state index contributed by atoms with van der Waals surface area (Å²) >= 11 is 12.2. The van der Waals surface area contributed by atoms with Gasteiger partial charge in [-0.2, -0.15) is 0 Å². The third-order valence-corrected chi connectivity index (χ3v) is 9.13. The summed E-state index contributed by atoms with van der Waals surface area (Å²) in [6.07, 6.45) is 2.80. The van der Waals surface area contributed by atoms with E-state index in [1.165, 1.54) is 6.08 Å². The number of Topliss-reactive ketones (excluding diaryl/α,β-unsaturated/α-hetero) is 1. The van der Waals surface area contributed by atoms with Gasteiger partial charge in [-0.25, -0.2) is 0 Å². The van der Waals surface area contributed by atoms with E-state index in [1.54, 1.807) is 38.1 Å². The molecule has 228 valence electrons. The Morgan fingerprint density at radius 2 is 1.18 bits per heavy atom. The maximum atomic E-state index is 13.4. The normalized spacial score (nSPS) is 23.5. The van der Waals surface area contributed by atoms with E-state index in [9.17, 15) is 19.2 Å². The number of carbonyl (C=O) groups excluding carboxylic acids is 4. The molecule has 6 nitrogen and oxygen atoms in total. The highest BCUT2D eigenvalue weighted by Crippen LogP contribution is 2.45. The standard InChI is InChI=1S/C36H34Cl2O6/c1-3-43-35(41)33-29(17-25(19-31(33)39)21-9-13-27(37)14-10-21)23-5-7-24(8-6-23)30-18-26(22-11-15-28(38)16-12-22)20-32(40)34(30)36(42)44-4-2/h5-16,19,26,29-30,33-34H,3-4,17-18,20H2,1-2H3. The summed E-state index contributed by atoms with van der Waals surface area (Å²) in [5.74, 6) is -4.34. The number of carbonyl (C=O) groups is 4. The van der Waals surface area contributed by atoms with Crippen LogP contribution < -0.4 is 0 Å². The third-order valence-electron chi connectivity index (χ3n) is 8.63. The fourth-order valence-electron chi connectivity index (χ4n) is 6.52. The Hall–Kier alpha value is -3.74. The molecule has 0 radical (unpaired) electrons. The molecule has 0 amide bonds. The molecule has 2 aliphatic rings. The molecule has 0 aromatic heterocycles. The molecule has 1 fully saturated rings. The van der Waals surface area contributed by atoms with Crippen LogP contribution in [0.2, 0.25) is 10.0 Å². The minimum atomic E-state index is -0.977. The summed E-state index contributed by atoms with van der Waals surface area (Å²) in [5, 5.41) is 1.21. The lowest BCUT2D eigenvalue weighted by Gasteiger charge is -2.35. The van der Waals surface area contributed by atoms with Crippen LogP contribution in [0.25, 0.3) is 5.57 Å². The van der Waals surface area contributed by atoms with Gasteiger partial charge in [-0.05, 0) is 90.8 Å². The fourth-order valence-corrected chi connectivity index (χ4v) is 6.77. The van der Waals surface area contributed by atoms with Crippen LogP contribution in [-0.4, -0.2) is 36.7 Å². The third kappa shape index (κ3) is 6.82. The van der Waals surface area contributed by atoms with Crippen LogP contribution in [0.1, 0.15) is 73.1 Å². The summed E-state index contributed by atoms with van der Waals surface area (Å²) < 4.78 is 10.6. The number of esters is 2. The van der Waals surface area contributed by atoms with E-state index in [0.29, 0.717) is 22.9 Å². The highest BCUT2D eigenvalue weighted by Gasteiger charge is 2.44. The topological polar surface area (TPSA) is 86.7 Å². The Morgan fingerprint density at radius 1 is 0.682 bits per heavy atom. The fraction of sp³-hybridized carbons (Fsp3) is 0.333. The van der Waals surface area contributed by atoms with Gasteiger partial charge in [-0.1, -0.05) is 71.7 Å². The van der Waals surface area contributed by atoms with Crippen molar-refractivity contribution in [3.63, 3.8) is 0 Å². The van der Waals surface area contributed by atoms with Crippen molar-refractivity contribution >= 4 is 52.3 Å². The predicted octanol–water partition coefficient (Wildman–Crippen LogP) is 7.72. The van der Waals surface area contributed by atoms with E-state index in [4.69, 9.17) is 32.7 Å². The van der Waals surface area contributed by atoms with Crippen LogP contribution in [0.15, 0.2) is 78.9 Å². The van der Waals surface area contributed by atoms with Crippen molar-refractivity contribution in [2.24, 2.45) is 11.8 Å². The van der Waals surface area contributed by atoms with Gasteiger partial charge in [0, 0.05) is 28.3 Å². The molecular weight excluding hydrogens is 599 g/mol. The number of rotatable bonds is 8. The summed E-state index contributed by atoms with van der Waals surface area (Å²) in [6, 6.07) is 22.3. The van der Waals surface area contributed by atoms with Gasteiger partial charge in [0.05, 0.1) is 13.2 Å². The molecule has 0 heterocycles. The molecule has 5 unspecified atom stereocenters. The Morgan fingerprint density at radius 3 is 1.75 bits per heavy atom. The van der Waals surface area contributed by atoms with E-state index in [1.807, 2.05) is 48.5 Å². The second-order valence-corrected chi connectivity index (χ2v) is 12.1. The maximum absolute atomic E-state index is 13.4. The molecule has 44 heavy (non-hydrogen) atoms. The number of hydrogen-bond acceptors (Lipinski definition) is 6. The first-order valence-corrected chi connectivity index (χ1v) is 15.7. The number of ketones is 2. The number of ether oxygens (including phenoxy) is 2. The van der Waals surface area contributed by atoms with Gasteiger partial charge < -0.3 is 9.47 Å². The zero-order valence-electron chi connectivity index (χ0n) is 24.6. The van der Waals surface area contributed by atoms with Crippen LogP contribution in [0.4, 0.5) is 0 Å². The Balaban J connectivity index is 1.48. The van der Waals surface area contributed by atoms with E-state index in [0.717, 1.165) is 27.8 Å². The second kappa shape index (κ2) is 13.9. The summed E-state index contributed by atoms with van der Waals surface area (Å²) in [4.78, 5) is 52.9. The molecule has 8 heteroatoms. The van der Waals surface area contributed by atoms with Crippen molar-refractivity contribution in [3.8, 4) is 0 Å². The van der Waals surface area contributed by atoms with Crippen LogP contribution in [0.3, 0.4) is 0 Å². The van der Waals surface area contributed by atoms with E-state index in [-0.39, 0.29) is 37.1 Å². The van der Waals surface area contributed by atoms with Crippen LogP contribution in [0, 0.1) is 11.8 Å². The minimum absolute atomic E-state index is 0.0775. The van der Waals surface area contributed by atoms with E-state index in [2.05, 4.69) is 0 Å². The average Bonchev–Trinajstić information content (AvgIpc) is 3.01. The number of hydrogen-bond donors (Lipinski definition) is 0. The second-order valence-electron chi connectivity index (χ2n) is 11.3. The van der Waals surface area contributed by atoms with Crippen molar-refractivity contribution < 1.29 is 28.7 Å². The molecule has 5 rings (SSSR count). The summed E-state index contributed by atoms with van der Waals surface area (Å²) in [7, 11) is 0. The van der Waals surface area contributed by atoms with Crippen LogP contribution >= 0.6 is 23.2 Å². The van der Waals surface area contributed by atoms with E-state index < -0.39 is 35.6 Å². The molecule has 0 N–H and O–H groups in total. The zero-order valence-corrected chi connectivity index (χ0v) is 26.1. The molecule has 0 bridgehead atoms. The average molecular weight is 634 g/mol. The lowest BCUT2D eigenvalue weighted by atomic mass is 9.68.